The van der Waals surface area contributed by atoms with E-state index in [0.29, 0.717) is 22.2 Å². The predicted molar refractivity (Wildman–Crippen MR) is 87.8 cm³/mol. The van der Waals surface area contributed by atoms with Gasteiger partial charge in [0.05, 0.1) is 4.88 Å². The van der Waals surface area contributed by atoms with Gasteiger partial charge in [0.15, 0.2) is 0 Å². The molecule has 0 amide bonds. The van der Waals surface area contributed by atoms with Crippen molar-refractivity contribution in [3.63, 3.8) is 0 Å². The summed E-state index contributed by atoms with van der Waals surface area (Å²) in [6, 6.07) is 3.23. The highest BCUT2D eigenvalue weighted by Crippen LogP contribution is 2.25. The molecule has 0 aliphatic rings. The molecule has 0 fully saturated rings. The van der Waals surface area contributed by atoms with Gasteiger partial charge in [-0.05, 0) is 39.2 Å². The highest BCUT2D eigenvalue weighted by atomic mass is 32.2. The Morgan fingerprint density at radius 3 is 2.45 bits per heavy atom. The fourth-order valence-electron chi connectivity index (χ4n) is 1.73. The normalized spacial score (nSPS) is 12.2. The topological polar surface area (TPSA) is 66.6 Å². The summed E-state index contributed by atoms with van der Waals surface area (Å²) >= 11 is 5.99. The number of nitrogens with two attached hydrogens (primary N) is 1. The molecule has 0 unspecified atom stereocenters. The van der Waals surface area contributed by atoms with Crippen molar-refractivity contribution >= 4 is 38.6 Å². The van der Waals surface area contributed by atoms with E-state index in [-0.39, 0.29) is 4.99 Å². The first-order valence-corrected chi connectivity index (χ1v) is 9.00. The van der Waals surface area contributed by atoms with E-state index in [0.717, 1.165) is 24.3 Å². The Morgan fingerprint density at radius 2 is 2.00 bits per heavy atom. The first-order chi connectivity index (χ1) is 9.28. The van der Waals surface area contributed by atoms with Crippen LogP contribution in [0.25, 0.3) is 0 Å². The van der Waals surface area contributed by atoms with E-state index >= 15 is 0 Å². The average Bonchev–Trinajstić information content (AvgIpc) is 2.84. The molecule has 20 heavy (non-hydrogen) atoms. The van der Waals surface area contributed by atoms with Crippen molar-refractivity contribution in [2.45, 2.75) is 17.6 Å². The van der Waals surface area contributed by atoms with Gasteiger partial charge in [-0.25, -0.2) is 8.42 Å². The van der Waals surface area contributed by atoms with Crippen LogP contribution in [0.5, 0.6) is 0 Å². The van der Waals surface area contributed by atoms with Crippen molar-refractivity contribution in [2.24, 2.45) is 5.73 Å². The zero-order valence-electron chi connectivity index (χ0n) is 12.0. The van der Waals surface area contributed by atoms with Crippen molar-refractivity contribution in [3.8, 4) is 0 Å². The SMILES string of the molecule is CCN(CCCN(C)C)S(=O)(=O)c1ccc(C(N)=S)s1. The van der Waals surface area contributed by atoms with Gasteiger partial charge in [-0.3, -0.25) is 0 Å². The molecular weight excluding hydrogens is 314 g/mol. The van der Waals surface area contributed by atoms with Crippen LogP contribution < -0.4 is 5.73 Å². The first kappa shape index (κ1) is 17.5. The lowest BCUT2D eigenvalue weighted by atomic mass is 10.4. The van der Waals surface area contributed by atoms with Gasteiger partial charge in [-0.2, -0.15) is 4.31 Å². The summed E-state index contributed by atoms with van der Waals surface area (Å²) in [7, 11) is 0.498. The van der Waals surface area contributed by atoms with Crippen molar-refractivity contribution in [2.75, 3.05) is 33.7 Å². The molecule has 0 aliphatic heterocycles. The minimum atomic E-state index is -3.44. The molecule has 0 aliphatic carbocycles. The van der Waals surface area contributed by atoms with Crippen LogP contribution in [-0.4, -0.2) is 56.3 Å². The third-order valence-corrected chi connectivity index (χ3v) is 6.69. The average molecular weight is 336 g/mol. The van der Waals surface area contributed by atoms with Gasteiger partial charge in [-0.1, -0.05) is 19.1 Å². The number of nitrogens with zero attached hydrogens (tertiary/aromatic N) is 2. The maximum atomic E-state index is 12.5. The van der Waals surface area contributed by atoms with E-state index in [2.05, 4.69) is 0 Å². The van der Waals surface area contributed by atoms with Crippen molar-refractivity contribution in [1.82, 2.24) is 9.21 Å². The van der Waals surface area contributed by atoms with Crippen LogP contribution in [-0.2, 0) is 10.0 Å². The van der Waals surface area contributed by atoms with Gasteiger partial charge in [0.2, 0.25) is 0 Å². The molecule has 1 aromatic heterocycles. The summed E-state index contributed by atoms with van der Waals surface area (Å²) in [5.74, 6) is 0. The quantitative estimate of drug-likeness (QED) is 0.726. The fourth-order valence-corrected chi connectivity index (χ4v) is 4.72. The van der Waals surface area contributed by atoms with Crippen LogP contribution >= 0.6 is 23.6 Å². The summed E-state index contributed by atoms with van der Waals surface area (Å²) < 4.78 is 26.8. The van der Waals surface area contributed by atoms with E-state index in [4.69, 9.17) is 18.0 Å². The van der Waals surface area contributed by atoms with E-state index in [9.17, 15) is 8.42 Å². The Morgan fingerprint density at radius 1 is 1.35 bits per heavy atom. The van der Waals surface area contributed by atoms with E-state index in [1.807, 2.05) is 25.9 Å². The Bertz CT molecular complexity index is 552. The Labute approximate surface area is 130 Å². The van der Waals surface area contributed by atoms with E-state index in [1.165, 1.54) is 4.31 Å². The molecular formula is C12H21N3O2S3. The summed E-state index contributed by atoms with van der Waals surface area (Å²) in [6.45, 7) is 3.66. The zero-order valence-corrected chi connectivity index (χ0v) is 14.4. The monoisotopic (exact) mass is 335 g/mol. The molecule has 2 N–H and O–H groups in total. The summed E-state index contributed by atoms with van der Waals surface area (Å²) in [5.41, 5.74) is 5.52. The number of rotatable bonds is 8. The Balaban J connectivity index is 2.85. The summed E-state index contributed by atoms with van der Waals surface area (Å²) in [4.78, 5) is 2.89. The lowest BCUT2D eigenvalue weighted by Crippen LogP contribution is -2.32. The third kappa shape index (κ3) is 4.49. The zero-order chi connectivity index (χ0) is 15.3. The second-order valence-corrected chi connectivity index (χ2v) is 8.32. The minimum absolute atomic E-state index is 0.229. The molecule has 0 atom stereocenters. The van der Waals surface area contributed by atoms with Gasteiger partial charge in [0.25, 0.3) is 10.0 Å². The molecule has 0 saturated heterocycles. The summed E-state index contributed by atoms with van der Waals surface area (Å²) in [6.07, 6.45) is 0.799. The van der Waals surface area contributed by atoms with Crippen LogP contribution in [0.1, 0.15) is 18.2 Å². The molecule has 114 valence electrons. The van der Waals surface area contributed by atoms with Gasteiger partial charge >= 0.3 is 0 Å². The smallest absolute Gasteiger partial charge is 0.252 e. The number of thiocarbonyl (C=S) groups is 1. The van der Waals surface area contributed by atoms with Crippen LogP contribution in [0, 0.1) is 0 Å². The van der Waals surface area contributed by atoms with Crippen LogP contribution in [0.4, 0.5) is 0 Å². The lowest BCUT2D eigenvalue weighted by Gasteiger charge is -2.20. The number of sulfonamides is 1. The minimum Gasteiger partial charge on any atom is -0.389 e. The molecule has 1 rings (SSSR count). The highest BCUT2D eigenvalue weighted by molar-refractivity contribution is 7.91. The van der Waals surface area contributed by atoms with Crippen molar-refractivity contribution in [1.29, 1.82) is 0 Å². The van der Waals surface area contributed by atoms with Crippen molar-refractivity contribution < 1.29 is 8.42 Å². The highest BCUT2D eigenvalue weighted by Gasteiger charge is 2.24. The second kappa shape index (κ2) is 7.46. The van der Waals surface area contributed by atoms with Gasteiger partial charge in [0, 0.05) is 13.1 Å². The number of thiophene rings is 1. The van der Waals surface area contributed by atoms with Gasteiger partial charge < -0.3 is 10.6 Å². The fraction of sp³-hybridized carbons (Fsp3) is 0.583. The molecule has 1 aromatic rings. The summed E-state index contributed by atoms with van der Waals surface area (Å²) in [5, 5.41) is 0. The third-order valence-electron chi connectivity index (χ3n) is 2.78. The van der Waals surface area contributed by atoms with Crippen LogP contribution in [0.3, 0.4) is 0 Å². The van der Waals surface area contributed by atoms with E-state index in [1.54, 1.807) is 12.1 Å². The molecule has 0 spiro atoms. The maximum Gasteiger partial charge on any atom is 0.252 e. The molecule has 0 aromatic carbocycles. The van der Waals surface area contributed by atoms with Gasteiger partial charge in [-0.15, -0.1) is 11.3 Å². The molecule has 0 saturated carbocycles. The Hall–Kier alpha value is -0.540. The maximum absolute atomic E-state index is 12.5. The molecule has 1 heterocycles. The molecule has 0 bridgehead atoms. The van der Waals surface area contributed by atoms with Crippen molar-refractivity contribution in [3.05, 3.63) is 17.0 Å². The standard InChI is InChI=1S/C12H21N3O2S3/c1-4-15(9-5-8-14(2)3)20(16,17)11-7-6-10(19-11)12(13)18/h6-7H,4-5,8-9H2,1-3H3,(H2,13,18). The van der Waals surface area contributed by atoms with Gasteiger partial charge in [0.1, 0.15) is 9.20 Å². The first-order valence-electron chi connectivity index (χ1n) is 6.33. The molecule has 5 nitrogen and oxygen atoms in total. The second-order valence-electron chi connectivity index (χ2n) is 4.64. The molecule has 8 heteroatoms. The van der Waals surface area contributed by atoms with E-state index < -0.39 is 10.0 Å². The molecule has 0 radical (unpaired) electrons. The number of hydrogen-bond acceptors (Lipinski definition) is 5. The largest absolute Gasteiger partial charge is 0.389 e. The lowest BCUT2D eigenvalue weighted by molar-refractivity contribution is 0.356. The predicted octanol–water partition coefficient (Wildman–Crippen LogP) is 1.34. The van der Waals surface area contributed by atoms with Crippen LogP contribution in [0.15, 0.2) is 16.3 Å². The number of hydrogen-bond donors (Lipinski definition) is 1. The van der Waals surface area contributed by atoms with Crippen LogP contribution in [0.2, 0.25) is 0 Å². The Kier molecular flexibility index (Phi) is 6.53.